The number of H-pyrrole nitrogens is 2. The number of hydrogen-bond acceptors (Lipinski definition) is 2. The van der Waals surface area contributed by atoms with Crippen molar-refractivity contribution in [3.05, 3.63) is 34.8 Å². The van der Waals surface area contributed by atoms with E-state index in [-0.39, 0.29) is 10.7 Å². The number of aromatic nitrogens is 3. The number of nitrogens with one attached hydrogen (secondary N) is 2. The molecule has 0 saturated carbocycles. The lowest BCUT2D eigenvalue weighted by atomic mass is 10.3. The third-order valence-electron chi connectivity index (χ3n) is 1.96. The Balaban J connectivity index is 2.42. The summed E-state index contributed by atoms with van der Waals surface area (Å²) < 4.78 is 8.12. The Morgan fingerprint density at radius 2 is 2.06 bits per heavy atom. The number of hydrogen-bond donors (Lipinski definition) is 3. The average Bonchev–Trinajstić information content (AvgIpc) is 2.28. The first-order valence-corrected chi connectivity index (χ1v) is 6.18. The van der Waals surface area contributed by atoms with Crippen molar-refractivity contribution in [2.45, 2.75) is 0 Å². The summed E-state index contributed by atoms with van der Waals surface area (Å²) >= 11 is 5.89. The van der Waals surface area contributed by atoms with Crippen LogP contribution in [0.5, 0.6) is 5.75 Å². The second kappa shape index (κ2) is 4.54. The van der Waals surface area contributed by atoms with Crippen molar-refractivity contribution in [2.75, 3.05) is 13.0 Å². The van der Waals surface area contributed by atoms with Gasteiger partial charge in [0.25, 0.3) is 0 Å². The summed E-state index contributed by atoms with van der Waals surface area (Å²) in [6.45, 7) is 0. The minimum Gasteiger partial charge on any atom is -0.497 e. The third kappa shape index (κ3) is 2.34. The summed E-state index contributed by atoms with van der Waals surface area (Å²) in [5, 5.41) is 5.08. The molecule has 7 heteroatoms. The minimum absolute atomic E-state index is 0.340. The molecule has 4 N–H and O–H groups in total. The van der Waals surface area contributed by atoms with Crippen molar-refractivity contribution in [2.24, 2.45) is 0 Å². The highest BCUT2D eigenvalue weighted by Gasteiger charge is 2.10. The Hall–Kier alpha value is -1.53. The van der Waals surface area contributed by atoms with E-state index < -0.39 is 0 Å². The molecule has 0 radical (unpaired) electrons. The standard InChI is InChI=1S/C9H12ClN4OS/c1-15-7-2-4-8(5-3-7)16-6-9(10)12-14(11)13-16/h2-6,12-13H,11H2,1H3/q+1. The van der Waals surface area contributed by atoms with Gasteiger partial charge in [0.05, 0.1) is 7.11 Å². The normalized spacial score (nSPS) is 11.2. The molecule has 86 valence electrons. The number of nitrogens with two attached hydrogens (primary N) is 1. The zero-order valence-electron chi connectivity index (χ0n) is 8.61. The SMILES string of the molecule is COc1ccc(-[s+]2cc(Cl)[nH]n(N)[nH]2)cc1. The lowest BCUT2D eigenvalue weighted by Crippen LogP contribution is -2.16. The van der Waals surface area contributed by atoms with E-state index in [0.29, 0.717) is 5.15 Å². The Morgan fingerprint density at radius 1 is 1.38 bits per heavy atom. The van der Waals surface area contributed by atoms with Crippen molar-refractivity contribution in [1.82, 2.24) is 14.5 Å². The van der Waals surface area contributed by atoms with Crippen LogP contribution in [-0.2, 0) is 0 Å². The topological polar surface area (TPSA) is 71.8 Å². The van der Waals surface area contributed by atoms with Gasteiger partial charge < -0.3 is 10.6 Å². The van der Waals surface area contributed by atoms with Crippen LogP contribution in [0.1, 0.15) is 0 Å². The molecule has 2 aromatic rings. The van der Waals surface area contributed by atoms with Gasteiger partial charge in [0.1, 0.15) is 16.4 Å². The fraction of sp³-hybridized carbons (Fsp3) is 0.111. The van der Waals surface area contributed by atoms with Crippen LogP contribution in [0.15, 0.2) is 29.6 Å². The van der Waals surface area contributed by atoms with Gasteiger partial charge in [-0.05, 0) is 12.1 Å². The predicted molar refractivity (Wildman–Crippen MR) is 66.3 cm³/mol. The fourth-order valence-corrected chi connectivity index (χ4v) is 2.84. The Morgan fingerprint density at radius 3 is 2.62 bits per heavy atom. The molecule has 2 rings (SSSR count). The predicted octanol–water partition coefficient (Wildman–Crippen LogP) is 2.38. The quantitative estimate of drug-likeness (QED) is 0.572. The zero-order chi connectivity index (χ0) is 11.5. The molecule has 0 fully saturated rings. The van der Waals surface area contributed by atoms with Crippen LogP contribution in [0.3, 0.4) is 0 Å². The molecule has 1 unspecified atom stereocenters. The lowest BCUT2D eigenvalue weighted by molar-refractivity contribution is 0.415. The van der Waals surface area contributed by atoms with Crippen molar-refractivity contribution >= 4 is 22.3 Å². The third-order valence-corrected chi connectivity index (χ3v) is 3.93. The maximum atomic E-state index is 5.89. The summed E-state index contributed by atoms with van der Waals surface area (Å²) in [6, 6.07) is 7.73. The summed E-state index contributed by atoms with van der Waals surface area (Å²) in [4.78, 5) is 2.33. The monoisotopic (exact) mass is 259 g/mol. The molecule has 0 bridgehead atoms. The van der Waals surface area contributed by atoms with E-state index in [0.717, 1.165) is 10.6 Å². The van der Waals surface area contributed by atoms with Crippen LogP contribution in [0.2, 0.25) is 5.15 Å². The van der Waals surface area contributed by atoms with Crippen LogP contribution in [-0.4, -0.2) is 21.6 Å². The van der Waals surface area contributed by atoms with Crippen LogP contribution in [0.4, 0.5) is 0 Å². The van der Waals surface area contributed by atoms with E-state index in [1.165, 1.54) is 4.91 Å². The molecule has 0 saturated heterocycles. The van der Waals surface area contributed by atoms with Gasteiger partial charge in [0.15, 0.2) is 5.15 Å². The number of ether oxygens (including phenoxy) is 1. The molecule has 16 heavy (non-hydrogen) atoms. The van der Waals surface area contributed by atoms with E-state index in [2.05, 4.69) is 9.59 Å². The molecule has 1 aromatic heterocycles. The second-order valence-electron chi connectivity index (χ2n) is 3.05. The van der Waals surface area contributed by atoms with Gasteiger partial charge in [-0.1, -0.05) is 21.0 Å². The molecule has 0 aliphatic heterocycles. The molecule has 1 heterocycles. The van der Waals surface area contributed by atoms with E-state index >= 15 is 0 Å². The van der Waals surface area contributed by atoms with Crippen molar-refractivity contribution in [1.29, 1.82) is 0 Å². The van der Waals surface area contributed by atoms with Gasteiger partial charge in [-0.25, -0.2) is 5.10 Å². The highest BCUT2D eigenvalue weighted by molar-refractivity contribution is 7.33. The average molecular weight is 260 g/mol. The smallest absolute Gasteiger partial charge is 0.204 e. The van der Waals surface area contributed by atoms with Crippen LogP contribution < -0.4 is 10.6 Å². The largest absolute Gasteiger partial charge is 0.497 e. The number of halogens is 1. The Kier molecular flexibility index (Phi) is 3.12. The highest BCUT2D eigenvalue weighted by Crippen LogP contribution is 2.29. The molecule has 0 amide bonds. The van der Waals surface area contributed by atoms with Crippen molar-refractivity contribution in [3.8, 4) is 10.6 Å². The van der Waals surface area contributed by atoms with Gasteiger partial charge in [0.2, 0.25) is 10.3 Å². The number of nitrogen functional groups attached to an aromatic ring is 1. The van der Waals surface area contributed by atoms with E-state index in [1.807, 2.05) is 29.6 Å². The van der Waals surface area contributed by atoms with Crippen LogP contribution in [0, 0.1) is 0 Å². The first kappa shape index (κ1) is 11.0. The van der Waals surface area contributed by atoms with Gasteiger partial charge in [0, 0.05) is 12.1 Å². The van der Waals surface area contributed by atoms with Gasteiger partial charge >= 0.3 is 0 Å². The van der Waals surface area contributed by atoms with Gasteiger partial charge in [-0.15, -0.1) is 0 Å². The fourth-order valence-electron chi connectivity index (χ4n) is 1.24. The summed E-state index contributed by atoms with van der Waals surface area (Å²) in [5.41, 5.74) is 0. The summed E-state index contributed by atoms with van der Waals surface area (Å²) in [7, 11) is 1.30. The maximum Gasteiger partial charge on any atom is 0.204 e. The molecule has 0 aliphatic carbocycles. The van der Waals surface area contributed by atoms with E-state index in [9.17, 15) is 0 Å². The summed E-state index contributed by atoms with van der Waals surface area (Å²) in [5.74, 6) is 6.40. The molecule has 0 aliphatic rings. The molecular formula is C9H12ClN4OS+. The van der Waals surface area contributed by atoms with Gasteiger partial charge in [-0.2, -0.15) is 0 Å². The number of nitrogens with zero attached hydrogens (tertiary/aromatic N) is 1. The molecule has 0 spiro atoms. The number of benzene rings is 1. The van der Waals surface area contributed by atoms with E-state index in [1.54, 1.807) is 7.11 Å². The first-order valence-electron chi connectivity index (χ1n) is 4.51. The van der Waals surface area contributed by atoms with Gasteiger partial charge in [-0.3, -0.25) is 0 Å². The van der Waals surface area contributed by atoms with Crippen molar-refractivity contribution in [3.63, 3.8) is 0 Å². The molecule has 5 nitrogen and oxygen atoms in total. The van der Waals surface area contributed by atoms with E-state index in [4.69, 9.17) is 22.2 Å². The number of methoxy groups -OCH3 is 1. The first-order chi connectivity index (χ1) is 7.69. The van der Waals surface area contributed by atoms with Crippen molar-refractivity contribution < 1.29 is 4.74 Å². The second-order valence-corrected chi connectivity index (χ2v) is 5.02. The Labute approximate surface area is 100 Å². The molecule has 1 aromatic carbocycles. The lowest BCUT2D eigenvalue weighted by Gasteiger charge is -2.00. The number of rotatable bonds is 2. The minimum atomic E-state index is -0.340. The zero-order valence-corrected chi connectivity index (χ0v) is 10.2. The molecular weight excluding hydrogens is 248 g/mol. The summed E-state index contributed by atoms with van der Waals surface area (Å²) in [6.07, 6.45) is 0. The maximum absolute atomic E-state index is 5.89. The van der Waals surface area contributed by atoms with Crippen LogP contribution >= 0.6 is 22.3 Å². The number of aromatic amines is 2. The Bertz CT molecular complexity index is 485. The van der Waals surface area contributed by atoms with Crippen LogP contribution in [0.25, 0.3) is 4.90 Å². The molecule has 1 atom stereocenters. The highest BCUT2D eigenvalue weighted by atomic mass is 35.5.